The second kappa shape index (κ2) is 11.7. The minimum Gasteiger partial charge on any atom is -0.445 e. The molecule has 3 saturated carbocycles. The van der Waals surface area contributed by atoms with E-state index in [1.165, 1.54) is 77.0 Å². The molecule has 0 aromatic heterocycles. The first kappa shape index (κ1) is 25.9. The lowest BCUT2D eigenvalue weighted by Crippen LogP contribution is -2.54. The Kier molecular flexibility index (Phi) is 8.87. The summed E-state index contributed by atoms with van der Waals surface area (Å²) in [5.74, 6) is 7.07. The molecule has 2 heteroatoms. The molecule has 34 heavy (non-hydrogen) atoms. The maximum Gasteiger partial charge on any atom is 0.307 e. The first-order chi connectivity index (χ1) is 16.5. The summed E-state index contributed by atoms with van der Waals surface area (Å²) in [6.07, 6.45) is 32.6. The molecule has 0 amide bonds. The van der Waals surface area contributed by atoms with E-state index in [-0.39, 0.29) is 11.4 Å². The molecule has 7 atom stereocenters. The summed E-state index contributed by atoms with van der Waals surface area (Å²) in [6, 6.07) is 0. The standard InChI is InChI=1S/C32H50O2/c1-4-6-7-8-9-10-11-12-13-18-30(33)34-32(5-2)24-22-29-28-20-19-25-16-14-15-17-26(25)27(28)21-23-31(29,32)3/h2,14-15,25-29H,4,6-13,16-24H2,1,3H3/t25?,26-,27+,28+,29-,31-,32-/m0/s1. The van der Waals surface area contributed by atoms with Crippen molar-refractivity contribution in [1.82, 2.24) is 0 Å². The highest BCUT2D eigenvalue weighted by molar-refractivity contribution is 5.70. The zero-order valence-corrected chi connectivity index (χ0v) is 22.2. The molecule has 0 bridgehead atoms. The van der Waals surface area contributed by atoms with Crippen molar-refractivity contribution >= 4 is 5.97 Å². The second-order valence-electron chi connectivity index (χ2n) is 12.4. The fourth-order valence-electron chi connectivity index (χ4n) is 8.68. The number of carbonyl (C=O) groups is 1. The Labute approximate surface area is 210 Å². The maximum absolute atomic E-state index is 12.9. The Morgan fingerprint density at radius 1 is 0.882 bits per heavy atom. The predicted molar refractivity (Wildman–Crippen MR) is 141 cm³/mol. The van der Waals surface area contributed by atoms with Gasteiger partial charge in [-0.2, -0.15) is 0 Å². The van der Waals surface area contributed by atoms with Gasteiger partial charge in [-0.25, -0.2) is 0 Å². The zero-order chi connectivity index (χ0) is 24.0. The number of carbonyl (C=O) groups excluding carboxylic acids is 1. The molecule has 0 radical (unpaired) electrons. The van der Waals surface area contributed by atoms with Crippen LogP contribution in [-0.4, -0.2) is 11.6 Å². The number of terminal acetylenes is 1. The molecule has 4 aliphatic carbocycles. The van der Waals surface area contributed by atoms with Gasteiger partial charge >= 0.3 is 5.97 Å². The van der Waals surface area contributed by atoms with E-state index in [9.17, 15) is 4.79 Å². The summed E-state index contributed by atoms with van der Waals surface area (Å²) in [5, 5.41) is 0. The molecule has 0 aromatic carbocycles. The van der Waals surface area contributed by atoms with Gasteiger partial charge in [0.1, 0.15) is 0 Å². The van der Waals surface area contributed by atoms with E-state index >= 15 is 0 Å². The summed E-state index contributed by atoms with van der Waals surface area (Å²) in [5.41, 5.74) is -0.725. The smallest absolute Gasteiger partial charge is 0.307 e. The van der Waals surface area contributed by atoms with Crippen molar-refractivity contribution < 1.29 is 9.53 Å². The second-order valence-corrected chi connectivity index (χ2v) is 12.4. The lowest BCUT2D eigenvalue weighted by atomic mass is 9.49. The van der Waals surface area contributed by atoms with E-state index < -0.39 is 5.60 Å². The Balaban J connectivity index is 1.28. The molecule has 2 nitrogen and oxygen atoms in total. The molecule has 4 aliphatic rings. The van der Waals surface area contributed by atoms with E-state index in [2.05, 4.69) is 31.9 Å². The predicted octanol–water partition coefficient (Wildman–Crippen LogP) is 8.64. The van der Waals surface area contributed by atoms with Crippen LogP contribution in [0.25, 0.3) is 0 Å². The molecular weight excluding hydrogens is 416 g/mol. The van der Waals surface area contributed by atoms with E-state index in [1.807, 2.05) is 0 Å². The van der Waals surface area contributed by atoms with Crippen LogP contribution in [0.3, 0.4) is 0 Å². The van der Waals surface area contributed by atoms with Gasteiger partial charge in [0, 0.05) is 11.8 Å². The molecule has 3 fully saturated rings. The number of allylic oxidation sites excluding steroid dienone is 2. The van der Waals surface area contributed by atoms with Crippen molar-refractivity contribution in [3.8, 4) is 12.3 Å². The number of fused-ring (bicyclic) bond motifs is 5. The van der Waals surface area contributed by atoms with Crippen LogP contribution in [0.15, 0.2) is 12.2 Å². The first-order valence-electron chi connectivity index (χ1n) is 14.9. The van der Waals surface area contributed by atoms with Crippen molar-refractivity contribution in [2.45, 2.75) is 135 Å². The van der Waals surface area contributed by atoms with E-state index in [0.29, 0.717) is 12.3 Å². The molecular formula is C32H50O2. The lowest BCUT2D eigenvalue weighted by Gasteiger charge is -2.56. The normalized spacial score (nSPS) is 38.4. The van der Waals surface area contributed by atoms with Crippen LogP contribution in [0, 0.1) is 47.3 Å². The molecule has 190 valence electrons. The van der Waals surface area contributed by atoms with Gasteiger partial charge in [0.25, 0.3) is 0 Å². The molecule has 4 rings (SSSR count). The number of esters is 1. The van der Waals surface area contributed by atoms with Gasteiger partial charge in [0.2, 0.25) is 0 Å². The van der Waals surface area contributed by atoms with Crippen molar-refractivity contribution in [1.29, 1.82) is 0 Å². The number of rotatable bonds is 11. The van der Waals surface area contributed by atoms with Gasteiger partial charge in [-0.05, 0) is 87.4 Å². The SMILES string of the molecule is C#C[C@]1(OC(=O)CCCCCCCCCCC)CC[C@H]2[C@@H]3CCC4CC=CC[C@@H]4[C@H]3CC[C@@]21C. The lowest BCUT2D eigenvalue weighted by molar-refractivity contribution is -0.171. The summed E-state index contributed by atoms with van der Waals surface area (Å²) in [6.45, 7) is 4.64. The monoisotopic (exact) mass is 466 g/mol. The molecule has 0 aromatic rings. The van der Waals surface area contributed by atoms with Crippen LogP contribution in [-0.2, 0) is 9.53 Å². The fraction of sp³-hybridized carbons (Fsp3) is 0.844. The van der Waals surface area contributed by atoms with Gasteiger partial charge in [-0.1, -0.05) is 83.3 Å². The Hall–Kier alpha value is -1.23. The van der Waals surface area contributed by atoms with Gasteiger partial charge < -0.3 is 4.74 Å². The summed E-state index contributed by atoms with van der Waals surface area (Å²) < 4.78 is 6.29. The minimum atomic E-state index is -0.678. The van der Waals surface area contributed by atoms with Gasteiger partial charge in [0.15, 0.2) is 5.60 Å². The highest BCUT2D eigenvalue weighted by Crippen LogP contribution is 2.65. The maximum atomic E-state index is 12.9. The largest absolute Gasteiger partial charge is 0.445 e. The molecule has 1 unspecified atom stereocenters. The van der Waals surface area contributed by atoms with E-state index in [4.69, 9.17) is 11.2 Å². The number of ether oxygens (including phenoxy) is 1. The zero-order valence-electron chi connectivity index (χ0n) is 22.2. The van der Waals surface area contributed by atoms with Crippen LogP contribution >= 0.6 is 0 Å². The van der Waals surface area contributed by atoms with Gasteiger partial charge in [-0.15, -0.1) is 6.42 Å². The van der Waals surface area contributed by atoms with Crippen molar-refractivity contribution in [2.24, 2.45) is 35.0 Å². The number of hydrogen-bond acceptors (Lipinski definition) is 2. The highest BCUT2D eigenvalue weighted by Gasteiger charge is 2.64. The topological polar surface area (TPSA) is 26.3 Å². The van der Waals surface area contributed by atoms with Gasteiger partial charge in [0.05, 0.1) is 0 Å². The van der Waals surface area contributed by atoms with Crippen LogP contribution in [0.4, 0.5) is 0 Å². The van der Waals surface area contributed by atoms with Crippen molar-refractivity contribution in [3.05, 3.63) is 12.2 Å². The fourth-order valence-corrected chi connectivity index (χ4v) is 8.68. The minimum absolute atomic E-state index is 0.0472. The van der Waals surface area contributed by atoms with Crippen LogP contribution in [0.2, 0.25) is 0 Å². The number of unbranched alkanes of at least 4 members (excludes halogenated alkanes) is 8. The molecule has 0 aliphatic heterocycles. The molecule has 0 saturated heterocycles. The average Bonchev–Trinajstić information content (AvgIpc) is 3.15. The highest BCUT2D eigenvalue weighted by atomic mass is 16.6. The summed E-state index contributed by atoms with van der Waals surface area (Å²) in [7, 11) is 0. The van der Waals surface area contributed by atoms with Crippen LogP contribution < -0.4 is 0 Å². The molecule has 0 spiro atoms. The summed E-state index contributed by atoms with van der Waals surface area (Å²) in [4.78, 5) is 12.9. The number of hydrogen-bond donors (Lipinski definition) is 0. The van der Waals surface area contributed by atoms with Crippen molar-refractivity contribution in [3.63, 3.8) is 0 Å². The third kappa shape index (κ3) is 5.15. The molecule has 0 heterocycles. The first-order valence-corrected chi connectivity index (χ1v) is 14.9. The quantitative estimate of drug-likeness (QED) is 0.132. The van der Waals surface area contributed by atoms with Gasteiger partial charge in [-0.3, -0.25) is 4.79 Å². The third-order valence-corrected chi connectivity index (χ3v) is 10.7. The summed E-state index contributed by atoms with van der Waals surface area (Å²) >= 11 is 0. The Bertz CT molecular complexity index is 747. The van der Waals surface area contributed by atoms with Crippen LogP contribution in [0.1, 0.15) is 129 Å². The van der Waals surface area contributed by atoms with Crippen molar-refractivity contribution in [2.75, 3.05) is 0 Å². The third-order valence-electron chi connectivity index (χ3n) is 10.7. The van der Waals surface area contributed by atoms with E-state index in [0.717, 1.165) is 55.8 Å². The van der Waals surface area contributed by atoms with Crippen LogP contribution in [0.5, 0.6) is 0 Å². The average molecular weight is 467 g/mol. The van der Waals surface area contributed by atoms with E-state index in [1.54, 1.807) is 0 Å². The Morgan fingerprint density at radius 2 is 1.59 bits per heavy atom. The Morgan fingerprint density at radius 3 is 2.32 bits per heavy atom. The molecule has 0 N–H and O–H groups in total.